The van der Waals surface area contributed by atoms with Crippen LogP contribution in [0.15, 0.2) is 42.6 Å². The number of benzene rings is 1. The lowest BCUT2D eigenvalue weighted by Crippen LogP contribution is -2.10. The van der Waals surface area contributed by atoms with Gasteiger partial charge in [-0.05, 0) is 45.0 Å². The number of rotatable bonds is 6. The molecule has 1 aromatic carbocycles. The average Bonchev–Trinajstić information content (AvgIpc) is 2.72. The largest absolute Gasteiger partial charge is 0.347 e. The van der Waals surface area contributed by atoms with Gasteiger partial charge >= 0.3 is 0 Å². The van der Waals surface area contributed by atoms with Crippen LogP contribution in [-0.2, 0) is 13.0 Å². The van der Waals surface area contributed by atoms with E-state index in [1.165, 1.54) is 22.0 Å². The highest BCUT2D eigenvalue weighted by Crippen LogP contribution is 2.22. The van der Waals surface area contributed by atoms with E-state index in [0.717, 1.165) is 25.9 Å². The summed E-state index contributed by atoms with van der Waals surface area (Å²) in [5.41, 5.74) is 4.01. The van der Waals surface area contributed by atoms with Crippen molar-refractivity contribution in [3.63, 3.8) is 0 Å². The molecule has 2 aromatic rings. The molecule has 0 bridgehead atoms. The fourth-order valence-electron chi connectivity index (χ4n) is 2.28. The highest BCUT2D eigenvalue weighted by Gasteiger charge is 2.07. The Labute approximate surface area is 109 Å². The number of allylic oxidation sites excluding steroid dienone is 1. The molecule has 0 aliphatic carbocycles. The van der Waals surface area contributed by atoms with Crippen molar-refractivity contribution in [2.75, 3.05) is 13.6 Å². The van der Waals surface area contributed by atoms with Crippen LogP contribution in [0, 0.1) is 0 Å². The lowest BCUT2D eigenvalue weighted by molar-refractivity contribution is 0.712. The summed E-state index contributed by atoms with van der Waals surface area (Å²) in [5.74, 6) is 0. The van der Waals surface area contributed by atoms with E-state index in [0.29, 0.717) is 0 Å². The zero-order valence-corrected chi connectivity index (χ0v) is 11.4. The summed E-state index contributed by atoms with van der Waals surface area (Å²) in [6, 6.07) is 8.66. The van der Waals surface area contributed by atoms with Gasteiger partial charge in [-0.2, -0.15) is 0 Å². The summed E-state index contributed by atoms with van der Waals surface area (Å²) in [6.45, 7) is 8.12. The minimum absolute atomic E-state index is 1.02. The molecule has 0 unspecified atom stereocenters. The second kappa shape index (κ2) is 5.87. The van der Waals surface area contributed by atoms with E-state index < -0.39 is 0 Å². The van der Waals surface area contributed by atoms with Crippen molar-refractivity contribution in [3.05, 3.63) is 48.2 Å². The van der Waals surface area contributed by atoms with Crippen LogP contribution in [0.4, 0.5) is 0 Å². The zero-order chi connectivity index (χ0) is 13.0. The molecule has 2 rings (SSSR count). The SMILES string of the molecule is C=C(C)CCn1cc(CCNC)c2ccccc21. The number of hydrogen-bond donors (Lipinski definition) is 1. The fraction of sp³-hybridized carbons (Fsp3) is 0.375. The van der Waals surface area contributed by atoms with Gasteiger partial charge in [0.25, 0.3) is 0 Å². The Kier molecular flexibility index (Phi) is 4.21. The molecule has 0 radical (unpaired) electrons. The second-order valence-electron chi connectivity index (χ2n) is 4.93. The molecule has 18 heavy (non-hydrogen) atoms. The summed E-state index contributed by atoms with van der Waals surface area (Å²) in [4.78, 5) is 0. The lowest BCUT2D eigenvalue weighted by atomic mass is 10.1. The van der Waals surface area contributed by atoms with Gasteiger partial charge < -0.3 is 9.88 Å². The Morgan fingerprint density at radius 2 is 2.11 bits per heavy atom. The van der Waals surface area contributed by atoms with Crippen LogP contribution >= 0.6 is 0 Å². The van der Waals surface area contributed by atoms with E-state index >= 15 is 0 Å². The molecule has 2 nitrogen and oxygen atoms in total. The zero-order valence-electron chi connectivity index (χ0n) is 11.4. The molecule has 1 aromatic heterocycles. The lowest BCUT2D eigenvalue weighted by Gasteiger charge is -2.04. The van der Waals surface area contributed by atoms with Crippen LogP contribution in [0.3, 0.4) is 0 Å². The predicted molar refractivity (Wildman–Crippen MR) is 79.0 cm³/mol. The first-order valence-electron chi connectivity index (χ1n) is 6.58. The van der Waals surface area contributed by atoms with Gasteiger partial charge in [0.1, 0.15) is 0 Å². The minimum Gasteiger partial charge on any atom is -0.347 e. The normalized spacial score (nSPS) is 11.0. The van der Waals surface area contributed by atoms with Crippen molar-refractivity contribution in [2.45, 2.75) is 26.3 Å². The first kappa shape index (κ1) is 12.9. The summed E-state index contributed by atoms with van der Waals surface area (Å²) in [7, 11) is 2.00. The number of aromatic nitrogens is 1. The van der Waals surface area contributed by atoms with E-state index in [9.17, 15) is 0 Å². The third-order valence-corrected chi connectivity index (χ3v) is 3.29. The van der Waals surface area contributed by atoms with Crippen LogP contribution in [0.1, 0.15) is 18.9 Å². The number of nitrogens with one attached hydrogen (secondary N) is 1. The highest BCUT2D eigenvalue weighted by molar-refractivity contribution is 5.84. The number of para-hydroxylation sites is 1. The molecule has 0 spiro atoms. The fourth-order valence-corrected chi connectivity index (χ4v) is 2.28. The molecular weight excluding hydrogens is 220 g/mol. The van der Waals surface area contributed by atoms with Gasteiger partial charge in [-0.3, -0.25) is 0 Å². The molecule has 0 saturated heterocycles. The monoisotopic (exact) mass is 242 g/mol. The van der Waals surface area contributed by atoms with E-state index in [2.05, 4.69) is 53.8 Å². The average molecular weight is 242 g/mol. The topological polar surface area (TPSA) is 17.0 Å². The Hall–Kier alpha value is -1.54. The minimum atomic E-state index is 1.02. The van der Waals surface area contributed by atoms with Crippen LogP contribution in [0.25, 0.3) is 10.9 Å². The van der Waals surface area contributed by atoms with Crippen LogP contribution in [0.2, 0.25) is 0 Å². The third kappa shape index (κ3) is 2.82. The maximum Gasteiger partial charge on any atom is 0.0483 e. The summed E-state index contributed by atoms with van der Waals surface area (Å²) in [5, 5.41) is 4.60. The standard InChI is InChI=1S/C16H22N2/c1-13(2)9-11-18-12-14(8-10-17-3)15-6-4-5-7-16(15)18/h4-7,12,17H,1,8-11H2,2-3H3. The third-order valence-electron chi connectivity index (χ3n) is 3.29. The maximum absolute atomic E-state index is 3.98. The molecule has 0 amide bonds. The summed E-state index contributed by atoms with van der Waals surface area (Å²) >= 11 is 0. The molecule has 1 N–H and O–H groups in total. The quantitative estimate of drug-likeness (QED) is 0.768. The van der Waals surface area contributed by atoms with Gasteiger partial charge in [0, 0.05) is 23.6 Å². The number of fused-ring (bicyclic) bond motifs is 1. The van der Waals surface area contributed by atoms with Crippen molar-refractivity contribution in [1.82, 2.24) is 9.88 Å². The van der Waals surface area contributed by atoms with Crippen LogP contribution in [0.5, 0.6) is 0 Å². The van der Waals surface area contributed by atoms with Gasteiger partial charge in [0.2, 0.25) is 0 Å². The maximum atomic E-state index is 3.98. The molecule has 0 aliphatic rings. The highest BCUT2D eigenvalue weighted by atomic mass is 15.0. The molecule has 0 fully saturated rings. The van der Waals surface area contributed by atoms with Crippen molar-refractivity contribution < 1.29 is 0 Å². The van der Waals surface area contributed by atoms with E-state index in [4.69, 9.17) is 0 Å². The van der Waals surface area contributed by atoms with E-state index in [1.807, 2.05) is 7.05 Å². The van der Waals surface area contributed by atoms with Gasteiger partial charge in [-0.25, -0.2) is 0 Å². The summed E-state index contributed by atoms with van der Waals surface area (Å²) < 4.78 is 2.36. The molecule has 0 atom stereocenters. The first-order chi connectivity index (χ1) is 8.72. The Bertz CT molecular complexity index is 537. The number of aryl methyl sites for hydroxylation is 1. The van der Waals surface area contributed by atoms with Crippen LogP contribution < -0.4 is 5.32 Å². The van der Waals surface area contributed by atoms with Gasteiger partial charge in [-0.15, -0.1) is 6.58 Å². The number of nitrogens with zero attached hydrogens (tertiary/aromatic N) is 1. The second-order valence-corrected chi connectivity index (χ2v) is 4.93. The van der Waals surface area contributed by atoms with Crippen molar-refractivity contribution >= 4 is 10.9 Å². The smallest absolute Gasteiger partial charge is 0.0483 e. The van der Waals surface area contributed by atoms with Crippen molar-refractivity contribution in [3.8, 4) is 0 Å². The number of hydrogen-bond acceptors (Lipinski definition) is 1. The summed E-state index contributed by atoms with van der Waals surface area (Å²) in [6.07, 6.45) is 4.42. The Morgan fingerprint density at radius 1 is 1.33 bits per heavy atom. The van der Waals surface area contributed by atoms with Crippen molar-refractivity contribution in [1.29, 1.82) is 0 Å². The Morgan fingerprint density at radius 3 is 2.83 bits per heavy atom. The molecule has 0 aliphatic heterocycles. The van der Waals surface area contributed by atoms with Crippen molar-refractivity contribution in [2.24, 2.45) is 0 Å². The molecular formula is C16H22N2. The molecule has 96 valence electrons. The predicted octanol–water partition coefficient (Wildman–Crippen LogP) is 3.37. The Balaban J connectivity index is 2.31. The van der Waals surface area contributed by atoms with E-state index in [1.54, 1.807) is 0 Å². The van der Waals surface area contributed by atoms with Gasteiger partial charge in [0.15, 0.2) is 0 Å². The number of likely N-dealkylation sites (N-methyl/N-ethyl adjacent to an activating group) is 1. The molecule has 1 heterocycles. The van der Waals surface area contributed by atoms with Gasteiger partial charge in [0.05, 0.1) is 0 Å². The molecule has 2 heteroatoms. The van der Waals surface area contributed by atoms with Crippen LogP contribution in [-0.4, -0.2) is 18.2 Å². The first-order valence-corrected chi connectivity index (χ1v) is 6.58. The van der Waals surface area contributed by atoms with E-state index in [-0.39, 0.29) is 0 Å². The molecule has 0 saturated carbocycles. The van der Waals surface area contributed by atoms with Gasteiger partial charge in [-0.1, -0.05) is 23.8 Å².